The highest BCUT2D eigenvalue weighted by Gasteiger charge is 2.50. The quantitative estimate of drug-likeness (QED) is 0.751. The Balaban J connectivity index is 2.00. The molecule has 3 rings (SSSR count). The van der Waals surface area contributed by atoms with Crippen LogP contribution in [0.2, 0.25) is 0 Å². The fourth-order valence-electron chi connectivity index (χ4n) is 3.14. The van der Waals surface area contributed by atoms with Crippen molar-refractivity contribution in [3.8, 4) is 0 Å². The van der Waals surface area contributed by atoms with Gasteiger partial charge in [-0.1, -0.05) is 36.4 Å². The van der Waals surface area contributed by atoms with Crippen LogP contribution in [0.5, 0.6) is 0 Å². The van der Waals surface area contributed by atoms with E-state index in [0.717, 1.165) is 5.69 Å². The highest BCUT2D eigenvalue weighted by molar-refractivity contribution is 5.96. The van der Waals surface area contributed by atoms with Crippen molar-refractivity contribution in [1.29, 1.82) is 0 Å². The lowest BCUT2D eigenvalue weighted by atomic mass is 9.79. The Labute approximate surface area is 163 Å². The molecule has 0 spiro atoms. The van der Waals surface area contributed by atoms with Gasteiger partial charge in [0.15, 0.2) is 5.54 Å². The van der Waals surface area contributed by atoms with Crippen LogP contribution in [0.4, 0.5) is 11.4 Å². The molecule has 6 nitrogen and oxygen atoms in total. The lowest BCUT2D eigenvalue weighted by Gasteiger charge is -2.36. The summed E-state index contributed by atoms with van der Waals surface area (Å²) in [5.74, 6) is -2.06. The molecule has 0 saturated heterocycles. The van der Waals surface area contributed by atoms with Crippen molar-refractivity contribution in [2.75, 3.05) is 24.9 Å². The minimum absolute atomic E-state index is 0.550. The summed E-state index contributed by atoms with van der Waals surface area (Å²) in [6.07, 6.45) is 5.06. The fourth-order valence-corrected chi connectivity index (χ4v) is 3.14. The largest absolute Gasteiger partial charge is 0.468 e. The smallest absolute Gasteiger partial charge is 0.336 e. The Morgan fingerprint density at radius 2 is 1.50 bits per heavy atom. The predicted octanol–water partition coefficient (Wildman–Crippen LogP) is 3.37. The van der Waals surface area contributed by atoms with Gasteiger partial charge in [0.2, 0.25) is 0 Å². The van der Waals surface area contributed by atoms with Crippen molar-refractivity contribution in [3.05, 3.63) is 84.6 Å². The molecule has 144 valence electrons. The number of hydrogen-bond donors (Lipinski definition) is 2. The second-order valence-corrected chi connectivity index (χ2v) is 6.30. The highest BCUT2D eigenvalue weighted by atomic mass is 16.5. The average Bonchev–Trinajstić information content (AvgIpc) is 2.75. The van der Waals surface area contributed by atoms with Gasteiger partial charge in [-0.15, -0.1) is 0 Å². The van der Waals surface area contributed by atoms with Crippen LogP contribution in [0.1, 0.15) is 0 Å². The predicted molar refractivity (Wildman–Crippen MR) is 108 cm³/mol. The Bertz CT molecular complexity index is 893. The number of carbonyl (C=O) groups excluding carboxylic acids is 2. The summed E-state index contributed by atoms with van der Waals surface area (Å²) in [6.45, 7) is 0. The van der Waals surface area contributed by atoms with E-state index in [2.05, 4.69) is 10.6 Å². The van der Waals surface area contributed by atoms with Gasteiger partial charge in [0.1, 0.15) is 5.92 Å². The van der Waals surface area contributed by atoms with E-state index < -0.39 is 23.4 Å². The molecule has 0 amide bonds. The number of nitrogens with one attached hydrogen (secondary N) is 2. The number of rotatable bonds is 6. The van der Waals surface area contributed by atoms with Crippen molar-refractivity contribution in [2.24, 2.45) is 5.92 Å². The summed E-state index contributed by atoms with van der Waals surface area (Å²) in [5, 5.41) is 6.40. The summed E-state index contributed by atoms with van der Waals surface area (Å²) in [4.78, 5) is 25.4. The molecule has 6 heteroatoms. The van der Waals surface area contributed by atoms with Gasteiger partial charge in [-0.3, -0.25) is 4.79 Å². The van der Waals surface area contributed by atoms with Crippen LogP contribution in [-0.2, 0) is 19.1 Å². The third-order valence-corrected chi connectivity index (χ3v) is 4.53. The van der Waals surface area contributed by atoms with Crippen LogP contribution in [0, 0.1) is 5.92 Å². The van der Waals surface area contributed by atoms with Crippen molar-refractivity contribution < 1.29 is 19.1 Å². The van der Waals surface area contributed by atoms with Crippen molar-refractivity contribution in [1.82, 2.24) is 0 Å². The maximum absolute atomic E-state index is 12.8. The Morgan fingerprint density at radius 1 is 0.893 bits per heavy atom. The highest BCUT2D eigenvalue weighted by Crippen LogP contribution is 2.33. The van der Waals surface area contributed by atoms with Crippen LogP contribution >= 0.6 is 0 Å². The van der Waals surface area contributed by atoms with Gasteiger partial charge in [-0.25, -0.2) is 4.79 Å². The molecule has 0 aromatic heterocycles. The van der Waals surface area contributed by atoms with E-state index in [4.69, 9.17) is 9.47 Å². The van der Waals surface area contributed by atoms with Gasteiger partial charge in [-0.05, 0) is 42.5 Å². The van der Waals surface area contributed by atoms with Crippen molar-refractivity contribution >= 4 is 23.3 Å². The molecule has 1 aliphatic carbocycles. The minimum Gasteiger partial charge on any atom is -0.468 e. The molecule has 0 radical (unpaired) electrons. The van der Waals surface area contributed by atoms with Crippen molar-refractivity contribution in [3.63, 3.8) is 0 Å². The Kier molecular flexibility index (Phi) is 5.79. The average molecular weight is 378 g/mol. The van der Waals surface area contributed by atoms with E-state index in [1.165, 1.54) is 14.2 Å². The summed E-state index contributed by atoms with van der Waals surface area (Å²) in [7, 11) is 2.59. The second kappa shape index (κ2) is 8.43. The number of methoxy groups -OCH3 is 2. The molecule has 0 saturated carbocycles. The van der Waals surface area contributed by atoms with Crippen LogP contribution in [0.3, 0.4) is 0 Å². The lowest BCUT2D eigenvalue weighted by molar-refractivity contribution is -0.154. The van der Waals surface area contributed by atoms with Gasteiger partial charge in [0.05, 0.1) is 14.2 Å². The van der Waals surface area contributed by atoms with Gasteiger partial charge >= 0.3 is 11.9 Å². The van der Waals surface area contributed by atoms with E-state index in [1.807, 2.05) is 60.7 Å². The Hall–Kier alpha value is -3.54. The van der Waals surface area contributed by atoms with Crippen LogP contribution < -0.4 is 10.6 Å². The van der Waals surface area contributed by atoms with Crippen LogP contribution in [0.25, 0.3) is 0 Å². The van der Waals surface area contributed by atoms with E-state index in [1.54, 1.807) is 18.2 Å². The first-order valence-corrected chi connectivity index (χ1v) is 8.81. The first-order valence-electron chi connectivity index (χ1n) is 8.81. The SMILES string of the molecule is COC(=O)C1C=C(Nc2ccccc2)C=CC1(Nc1ccccc1)C(=O)OC. The second-order valence-electron chi connectivity index (χ2n) is 6.30. The molecule has 2 aromatic carbocycles. The molecule has 28 heavy (non-hydrogen) atoms. The van der Waals surface area contributed by atoms with Crippen LogP contribution in [-0.4, -0.2) is 31.7 Å². The van der Waals surface area contributed by atoms with Crippen molar-refractivity contribution in [2.45, 2.75) is 5.54 Å². The number of anilines is 2. The number of ether oxygens (including phenoxy) is 2. The van der Waals surface area contributed by atoms with Gasteiger partial charge in [0, 0.05) is 17.1 Å². The normalized spacial score (nSPS) is 20.6. The molecule has 0 fully saturated rings. The monoisotopic (exact) mass is 378 g/mol. The van der Waals surface area contributed by atoms with E-state index in [0.29, 0.717) is 11.4 Å². The van der Waals surface area contributed by atoms with Gasteiger partial charge in [-0.2, -0.15) is 0 Å². The summed E-state index contributed by atoms with van der Waals surface area (Å²) in [6, 6.07) is 18.7. The lowest BCUT2D eigenvalue weighted by Crippen LogP contribution is -2.55. The number of benzene rings is 2. The van der Waals surface area contributed by atoms with E-state index in [9.17, 15) is 9.59 Å². The zero-order valence-electron chi connectivity index (χ0n) is 15.7. The molecular formula is C22H22N2O4. The zero-order valence-corrected chi connectivity index (χ0v) is 15.7. The summed E-state index contributed by atoms with van der Waals surface area (Å²) >= 11 is 0. The molecular weight excluding hydrogens is 356 g/mol. The third-order valence-electron chi connectivity index (χ3n) is 4.53. The number of para-hydroxylation sites is 2. The fraction of sp³-hybridized carbons (Fsp3) is 0.182. The zero-order chi connectivity index (χ0) is 20.0. The maximum Gasteiger partial charge on any atom is 0.336 e. The molecule has 1 aliphatic rings. The topological polar surface area (TPSA) is 76.7 Å². The number of hydrogen-bond acceptors (Lipinski definition) is 6. The minimum atomic E-state index is -1.43. The van der Waals surface area contributed by atoms with Crippen LogP contribution in [0.15, 0.2) is 84.6 Å². The third kappa shape index (κ3) is 3.91. The number of carbonyl (C=O) groups is 2. The molecule has 2 aromatic rings. The summed E-state index contributed by atoms with van der Waals surface area (Å²) < 4.78 is 10.0. The maximum atomic E-state index is 12.8. The molecule has 0 heterocycles. The first kappa shape index (κ1) is 19.2. The Morgan fingerprint density at radius 3 is 2.07 bits per heavy atom. The molecule has 2 unspecified atom stereocenters. The molecule has 0 bridgehead atoms. The standard InChI is InChI=1S/C22H22N2O4/c1-27-20(25)19-15-18(23-16-9-5-3-6-10-16)13-14-22(19,21(26)28-2)24-17-11-7-4-8-12-17/h3-15,19,23-24H,1-2H3. The van der Waals surface area contributed by atoms with E-state index >= 15 is 0 Å². The molecule has 2 atom stereocenters. The van der Waals surface area contributed by atoms with Gasteiger partial charge in [0.25, 0.3) is 0 Å². The summed E-state index contributed by atoms with van der Waals surface area (Å²) in [5.41, 5.74) is 0.796. The number of allylic oxidation sites excluding steroid dienone is 1. The first-order chi connectivity index (χ1) is 13.6. The molecule has 0 aliphatic heterocycles. The van der Waals surface area contributed by atoms with E-state index in [-0.39, 0.29) is 0 Å². The number of esters is 2. The van der Waals surface area contributed by atoms with Gasteiger partial charge < -0.3 is 20.1 Å². The molecule has 2 N–H and O–H groups in total.